The van der Waals surface area contributed by atoms with Crippen LogP contribution >= 0.6 is 0 Å². The summed E-state index contributed by atoms with van der Waals surface area (Å²) < 4.78 is 19.5. The van der Waals surface area contributed by atoms with Gasteiger partial charge in [0, 0.05) is 6.20 Å². The number of aromatic nitrogens is 10. The summed E-state index contributed by atoms with van der Waals surface area (Å²) in [4.78, 5) is 58.2. The van der Waals surface area contributed by atoms with Crippen molar-refractivity contribution in [2.45, 2.75) is 44.1 Å². The van der Waals surface area contributed by atoms with Gasteiger partial charge < -0.3 is 62.1 Å². The molecule has 278 valence electrons. The summed E-state index contributed by atoms with van der Waals surface area (Å²) in [7, 11) is 0. The molecule has 0 saturated carbocycles. The molecule has 0 bridgehead atoms. The van der Waals surface area contributed by atoms with E-state index in [0.717, 1.165) is 4.57 Å². The van der Waals surface area contributed by atoms with Gasteiger partial charge in [-0.3, -0.25) is 33.3 Å². The molecule has 0 aliphatic carbocycles. The lowest BCUT2D eigenvalue weighted by atomic mass is 10.1. The van der Waals surface area contributed by atoms with Crippen molar-refractivity contribution in [2.24, 2.45) is 0 Å². The van der Waals surface area contributed by atoms with Gasteiger partial charge in [-0.2, -0.15) is 15.0 Å². The number of nitrogen functional groups attached to an aromatic ring is 3. The third-order valence-electron chi connectivity index (χ3n) is 6.95. The number of imidazole rings is 2. The number of nitrogens with two attached hydrogens (primary N) is 3. The summed E-state index contributed by atoms with van der Waals surface area (Å²) in [6, 6.07) is 1.37. The normalized spacial score (nSPS) is 18.5. The third kappa shape index (κ3) is 9.25. The number of aliphatic hydroxyl groups excluding tert-OH is 6. The Hall–Kier alpha value is -5.38. The second-order valence-electron chi connectivity index (χ2n) is 10.5. The zero-order valence-corrected chi connectivity index (χ0v) is 26.6. The summed E-state index contributed by atoms with van der Waals surface area (Å²) in [6.45, 7) is -0.767. The first-order valence-electron chi connectivity index (χ1n) is 14.8. The summed E-state index contributed by atoms with van der Waals surface area (Å²) in [5.41, 5.74) is 15.7. The summed E-state index contributed by atoms with van der Waals surface area (Å²) in [5.74, 6) is 0.0644. The van der Waals surface area contributed by atoms with Crippen molar-refractivity contribution in [3.05, 3.63) is 56.1 Å². The number of hydrogen-bond donors (Lipinski definition) is 11. The average molecular weight is 724 g/mol. The van der Waals surface area contributed by atoms with Gasteiger partial charge in [-0.1, -0.05) is 0 Å². The van der Waals surface area contributed by atoms with Crippen molar-refractivity contribution >= 4 is 40.0 Å². The summed E-state index contributed by atoms with van der Waals surface area (Å²) >= 11 is 0. The van der Waals surface area contributed by atoms with Crippen molar-refractivity contribution < 1.29 is 44.8 Å². The highest BCUT2D eigenvalue weighted by Crippen LogP contribution is 2.28. The number of aliphatic hydroxyl groups is 6. The van der Waals surface area contributed by atoms with Crippen LogP contribution in [0.1, 0.15) is 6.23 Å². The molecule has 0 amide bonds. The molecule has 6 heterocycles. The van der Waals surface area contributed by atoms with E-state index in [1.54, 1.807) is 0 Å². The van der Waals surface area contributed by atoms with E-state index in [2.05, 4.69) is 34.9 Å². The molecule has 14 N–H and O–H groups in total. The highest BCUT2D eigenvalue weighted by Gasteiger charge is 2.43. The van der Waals surface area contributed by atoms with Gasteiger partial charge in [-0.15, -0.1) is 0 Å². The number of nitrogens with zero attached hydrogens (tertiary/aromatic N) is 8. The van der Waals surface area contributed by atoms with Crippen LogP contribution in [0.15, 0.2) is 39.3 Å². The Balaban J connectivity index is 0.000000172. The Bertz CT molecular complexity index is 2060. The number of aromatic amines is 2. The monoisotopic (exact) mass is 723 g/mol. The Kier molecular flexibility index (Phi) is 13.2. The van der Waals surface area contributed by atoms with Crippen molar-refractivity contribution in [3.63, 3.8) is 0 Å². The number of fused-ring (bicyclic) bond motifs is 2. The molecule has 6 rings (SSSR count). The lowest BCUT2D eigenvalue weighted by Gasteiger charge is -2.16. The summed E-state index contributed by atoms with van der Waals surface area (Å²) in [6.07, 6.45) is -1.15. The van der Waals surface area contributed by atoms with E-state index in [9.17, 15) is 24.6 Å². The van der Waals surface area contributed by atoms with E-state index in [0.29, 0.717) is 5.65 Å². The molecule has 25 nitrogen and oxygen atoms in total. The van der Waals surface area contributed by atoms with E-state index < -0.39 is 48.5 Å². The van der Waals surface area contributed by atoms with Crippen LogP contribution in [0.2, 0.25) is 0 Å². The van der Waals surface area contributed by atoms with E-state index >= 15 is 0 Å². The number of rotatable bonds is 11. The van der Waals surface area contributed by atoms with Crippen LogP contribution in [0.5, 0.6) is 0 Å². The van der Waals surface area contributed by atoms with Crippen molar-refractivity contribution in [1.29, 1.82) is 0 Å². The van der Waals surface area contributed by atoms with Gasteiger partial charge in [-0.05, 0) is 6.07 Å². The van der Waals surface area contributed by atoms with Crippen LogP contribution in [0.3, 0.4) is 0 Å². The largest absolute Gasteiger partial charge is 0.394 e. The Morgan fingerprint density at radius 3 is 1.90 bits per heavy atom. The molecule has 5 aromatic heterocycles. The topological polar surface area (TPSA) is 389 Å². The second-order valence-corrected chi connectivity index (χ2v) is 10.5. The molecule has 0 spiro atoms. The molecule has 1 aliphatic rings. The molecule has 25 heteroatoms. The minimum atomic E-state index is -1.31. The fourth-order valence-electron chi connectivity index (χ4n) is 4.44. The van der Waals surface area contributed by atoms with Gasteiger partial charge in [-0.25, -0.2) is 14.8 Å². The van der Waals surface area contributed by atoms with Gasteiger partial charge in [0.2, 0.25) is 11.9 Å². The summed E-state index contributed by atoms with van der Waals surface area (Å²) in [5, 5.41) is 54.4. The van der Waals surface area contributed by atoms with Gasteiger partial charge >= 0.3 is 5.69 Å². The number of hydrogen-bond acceptors (Lipinski definition) is 20. The van der Waals surface area contributed by atoms with E-state index in [4.69, 9.17) is 51.8 Å². The molecule has 1 saturated heterocycles. The first kappa shape index (κ1) is 38.4. The van der Waals surface area contributed by atoms with Gasteiger partial charge in [0.05, 0.1) is 45.7 Å². The van der Waals surface area contributed by atoms with Crippen molar-refractivity contribution in [3.8, 4) is 0 Å². The highest BCUT2D eigenvalue weighted by molar-refractivity contribution is 5.71. The van der Waals surface area contributed by atoms with Gasteiger partial charge in [0.25, 0.3) is 11.1 Å². The molecular weight excluding hydrogens is 686 g/mol. The number of ether oxygens (including phenoxy) is 3. The first-order chi connectivity index (χ1) is 24.4. The lowest BCUT2D eigenvalue weighted by molar-refractivity contribution is -0.0549. The molecule has 1 fully saturated rings. The third-order valence-corrected chi connectivity index (χ3v) is 6.95. The maximum atomic E-state index is 11.5. The molecule has 5 aromatic rings. The van der Waals surface area contributed by atoms with E-state index in [1.165, 1.54) is 34.1 Å². The Morgan fingerprint density at radius 2 is 1.41 bits per heavy atom. The molecule has 1 aliphatic heterocycles. The average Bonchev–Trinajstić information content (AvgIpc) is 3.78. The predicted molar refractivity (Wildman–Crippen MR) is 173 cm³/mol. The molecular formula is C26H37N13O12. The Labute approximate surface area is 284 Å². The molecule has 0 unspecified atom stereocenters. The zero-order valence-electron chi connectivity index (χ0n) is 26.6. The molecule has 0 radical (unpaired) electrons. The van der Waals surface area contributed by atoms with E-state index in [-0.39, 0.29) is 79.8 Å². The van der Waals surface area contributed by atoms with E-state index in [1.807, 2.05) is 0 Å². The highest BCUT2D eigenvalue weighted by atomic mass is 16.6. The minimum Gasteiger partial charge on any atom is -0.394 e. The van der Waals surface area contributed by atoms with Crippen molar-refractivity contribution in [1.82, 2.24) is 48.6 Å². The van der Waals surface area contributed by atoms with Gasteiger partial charge in [0.15, 0.2) is 28.6 Å². The van der Waals surface area contributed by atoms with Crippen molar-refractivity contribution in [2.75, 3.05) is 50.2 Å². The van der Waals surface area contributed by atoms with Crippen LogP contribution in [-0.4, -0.2) is 137 Å². The molecule has 51 heavy (non-hydrogen) atoms. The molecule has 4 atom stereocenters. The van der Waals surface area contributed by atoms with Gasteiger partial charge in [0.1, 0.15) is 43.7 Å². The second kappa shape index (κ2) is 17.5. The number of H-pyrrole nitrogens is 2. The van der Waals surface area contributed by atoms with Crippen LogP contribution in [0.4, 0.5) is 17.7 Å². The number of anilines is 3. The van der Waals surface area contributed by atoms with Crippen LogP contribution in [0, 0.1) is 0 Å². The molecule has 0 aromatic carbocycles. The van der Waals surface area contributed by atoms with Crippen LogP contribution in [0.25, 0.3) is 22.3 Å². The van der Waals surface area contributed by atoms with Crippen LogP contribution < -0.4 is 34.0 Å². The quantitative estimate of drug-likeness (QED) is 0.0565. The first-order valence-corrected chi connectivity index (χ1v) is 14.8. The lowest BCUT2D eigenvalue weighted by Crippen LogP contribution is -2.36. The maximum absolute atomic E-state index is 11.5. The Morgan fingerprint density at radius 1 is 0.843 bits per heavy atom. The fraction of sp³-hybridized carbons (Fsp3) is 0.462. The fourth-order valence-corrected chi connectivity index (χ4v) is 4.44. The van der Waals surface area contributed by atoms with Crippen LogP contribution in [-0.2, 0) is 27.7 Å². The zero-order chi connectivity index (χ0) is 37.2. The maximum Gasteiger partial charge on any atom is 0.351 e. The minimum absolute atomic E-state index is 0.00181. The standard InChI is InChI=1S/C9H13N5O4.C9H13N3O5.C8H11N5O3/c10-9-12-7-6(8(17)13-9)11-3-14(7)4-18-5(1-15)2-16;10-5-1-2-12(9(16)11-5)8-7(15)6(14)4(3-13)17-8;9-8-11-6-5(7(15)12-8)10-3-13(6)4-16-2-1-14/h3,5,15-16H,1-2,4H2,(H3,10,12,13,17);1-2,4,6-8,13-15H,3H2,(H2,10,11,16);3,14H,1-2,4H2,(H3,9,11,12,15)/t;4-,6-,7+,8-;/m.1./s1. The smallest absolute Gasteiger partial charge is 0.351 e. The SMILES string of the molecule is Nc1ccn([C@@H]2O[C@H](CO)[C@@H](O)[C@@H]2O)c(=O)n1.Nc1nc2c(ncn2COC(CO)CO)c(=O)[nH]1.Nc1nc2c(ncn2COCCO)c(=O)[nH]1. The number of nitrogens with one attached hydrogen (secondary N) is 2. The predicted octanol–water partition coefficient (Wildman–Crippen LogP) is -5.87.